The summed E-state index contributed by atoms with van der Waals surface area (Å²) >= 11 is 5.83. The van der Waals surface area contributed by atoms with Gasteiger partial charge in [-0.1, -0.05) is 11.6 Å². The molecule has 0 aliphatic heterocycles. The SMILES string of the molecule is O=C(O)CC1(NC(=O)c2cccnc2Cl)CCC1. The van der Waals surface area contributed by atoms with E-state index in [-0.39, 0.29) is 23.0 Å². The van der Waals surface area contributed by atoms with Gasteiger partial charge in [-0.3, -0.25) is 9.59 Å². The maximum absolute atomic E-state index is 12.0. The number of aromatic nitrogens is 1. The van der Waals surface area contributed by atoms with E-state index in [2.05, 4.69) is 10.3 Å². The highest BCUT2D eigenvalue weighted by atomic mass is 35.5. The number of hydrogen-bond donors (Lipinski definition) is 2. The Kier molecular flexibility index (Phi) is 3.52. The largest absolute Gasteiger partial charge is 0.481 e. The van der Waals surface area contributed by atoms with Crippen LogP contribution in [0.1, 0.15) is 36.0 Å². The first-order valence-corrected chi connectivity index (χ1v) is 6.05. The average Bonchev–Trinajstić information content (AvgIpc) is 2.25. The quantitative estimate of drug-likeness (QED) is 0.817. The predicted octanol–water partition coefficient (Wildman–Crippen LogP) is 1.86. The van der Waals surface area contributed by atoms with E-state index in [1.165, 1.54) is 6.20 Å². The standard InChI is InChI=1S/C12H13ClN2O3/c13-10-8(3-1-6-14-10)11(18)15-12(4-2-5-12)7-9(16)17/h1,3,6H,2,4-5,7H2,(H,15,18)(H,16,17). The molecule has 2 rings (SSSR count). The molecule has 96 valence electrons. The number of hydrogen-bond acceptors (Lipinski definition) is 3. The van der Waals surface area contributed by atoms with Crippen LogP contribution in [0.5, 0.6) is 0 Å². The van der Waals surface area contributed by atoms with E-state index in [1.54, 1.807) is 12.1 Å². The monoisotopic (exact) mass is 268 g/mol. The van der Waals surface area contributed by atoms with Crippen LogP contribution in [0.25, 0.3) is 0 Å². The summed E-state index contributed by atoms with van der Waals surface area (Å²) in [5.74, 6) is -1.28. The topological polar surface area (TPSA) is 79.3 Å². The van der Waals surface area contributed by atoms with Crippen molar-refractivity contribution in [2.45, 2.75) is 31.2 Å². The molecular formula is C12H13ClN2O3. The number of carbonyl (C=O) groups excluding carboxylic acids is 1. The number of carboxylic acid groups (broad SMARTS) is 1. The number of pyridine rings is 1. The smallest absolute Gasteiger partial charge is 0.305 e. The lowest BCUT2D eigenvalue weighted by Crippen LogP contribution is -2.54. The van der Waals surface area contributed by atoms with Gasteiger partial charge in [-0.2, -0.15) is 0 Å². The van der Waals surface area contributed by atoms with Crippen molar-refractivity contribution in [1.82, 2.24) is 10.3 Å². The third-order valence-electron chi connectivity index (χ3n) is 3.18. The van der Waals surface area contributed by atoms with Crippen molar-refractivity contribution < 1.29 is 14.7 Å². The maximum atomic E-state index is 12.0. The van der Waals surface area contributed by atoms with Gasteiger partial charge in [0, 0.05) is 6.20 Å². The second-order valence-corrected chi connectivity index (χ2v) is 4.86. The van der Waals surface area contributed by atoms with Crippen molar-refractivity contribution in [2.75, 3.05) is 0 Å². The Bertz CT molecular complexity index is 486. The fourth-order valence-corrected chi connectivity index (χ4v) is 2.31. The third-order valence-corrected chi connectivity index (χ3v) is 3.48. The van der Waals surface area contributed by atoms with Gasteiger partial charge in [-0.15, -0.1) is 0 Å². The van der Waals surface area contributed by atoms with E-state index in [9.17, 15) is 9.59 Å². The van der Waals surface area contributed by atoms with E-state index in [0.717, 1.165) is 6.42 Å². The molecule has 0 spiro atoms. The van der Waals surface area contributed by atoms with Crippen LogP contribution in [-0.2, 0) is 4.79 Å². The molecule has 5 nitrogen and oxygen atoms in total. The van der Waals surface area contributed by atoms with E-state index in [1.807, 2.05) is 0 Å². The molecule has 0 aromatic carbocycles. The number of rotatable bonds is 4. The van der Waals surface area contributed by atoms with Gasteiger partial charge in [0.25, 0.3) is 5.91 Å². The summed E-state index contributed by atoms with van der Waals surface area (Å²) in [6, 6.07) is 3.18. The molecule has 1 aromatic heterocycles. The van der Waals surface area contributed by atoms with Crippen LogP contribution in [0.15, 0.2) is 18.3 Å². The average molecular weight is 269 g/mol. The van der Waals surface area contributed by atoms with Crippen LogP contribution in [-0.4, -0.2) is 27.5 Å². The second kappa shape index (κ2) is 4.94. The Hall–Kier alpha value is -1.62. The van der Waals surface area contributed by atoms with Crippen molar-refractivity contribution in [3.05, 3.63) is 29.0 Å². The molecule has 0 radical (unpaired) electrons. The van der Waals surface area contributed by atoms with Crippen LogP contribution < -0.4 is 5.32 Å². The zero-order valence-corrected chi connectivity index (χ0v) is 10.4. The maximum Gasteiger partial charge on any atom is 0.305 e. The van der Waals surface area contributed by atoms with Gasteiger partial charge in [-0.25, -0.2) is 4.98 Å². The molecule has 1 aliphatic carbocycles. The van der Waals surface area contributed by atoms with Crippen molar-refractivity contribution in [3.63, 3.8) is 0 Å². The fraction of sp³-hybridized carbons (Fsp3) is 0.417. The normalized spacial score (nSPS) is 16.7. The second-order valence-electron chi connectivity index (χ2n) is 4.50. The number of halogens is 1. The highest BCUT2D eigenvalue weighted by molar-refractivity contribution is 6.32. The molecule has 1 saturated carbocycles. The van der Waals surface area contributed by atoms with Gasteiger partial charge in [0.15, 0.2) is 0 Å². The number of carbonyl (C=O) groups is 2. The van der Waals surface area contributed by atoms with Crippen LogP contribution in [0.4, 0.5) is 0 Å². The molecule has 1 amide bonds. The Morgan fingerprint density at radius 1 is 1.50 bits per heavy atom. The minimum absolute atomic E-state index is 0.0589. The summed E-state index contributed by atoms with van der Waals surface area (Å²) in [4.78, 5) is 26.7. The number of nitrogens with zero attached hydrogens (tertiary/aromatic N) is 1. The van der Waals surface area contributed by atoms with Crippen molar-refractivity contribution in [1.29, 1.82) is 0 Å². The summed E-state index contributed by atoms with van der Waals surface area (Å²) in [5.41, 5.74) is -0.349. The van der Waals surface area contributed by atoms with Crippen LogP contribution in [0.2, 0.25) is 5.15 Å². The van der Waals surface area contributed by atoms with Crippen LogP contribution in [0.3, 0.4) is 0 Å². The molecule has 0 unspecified atom stereocenters. The van der Waals surface area contributed by atoms with Crippen LogP contribution >= 0.6 is 11.6 Å². The van der Waals surface area contributed by atoms with Gasteiger partial charge in [0.1, 0.15) is 5.15 Å². The summed E-state index contributed by atoms with van der Waals surface area (Å²) in [7, 11) is 0. The molecule has 1 aromatic rings. The highest BCUT2D eigenvalue weighted by Crippen LogP contribution is 2.35. The summed E-state index contributed by atoms with van der Waals surface area (Å²) < 4.78 is 0. The lowest BCUT2D eigenvalue weighted by Gasteiger charge is -2.41. The van der Waals surface area contributed by atoms with E-state index in [4.69, 9.17) is 16.7 Å². The molecule has 18 heavy (non-hydrogen) atoms. The lowest BCUT2D eigenvalue weighted by molar-refractivity contribution is -0.139. The molecule has 6 heteroatoms. The first-order valence-electron chi connectivity index (χ1n) is 5.67. The Morgan fingerprint density at radius 2 is 2.22 bits per heavy atom. The van der Waals surface area contributed by atoms with Gasteiger partial charge < -0.3 is 10.4 Å². The third kappa shape index (κ3) is 2.61. The molecule has 2 N–H and O–H groups in total. The van der Waals surface area contributed by atoms with E-state index >= 15 is 0 Å². The summed E-state index contributed by atoms with van der Waals surface area (Å²) in [6.45, 7) is 0. The van der Waals surface area contributed by atoms with E-state index in [0.29, 0.717) is 12.8 Å². The van der Waals surface area contributed by atoms with Gasteiger partial charge >= 0.3 is 5.97 Å². The van der Waals surface area contributed by atoms with Crippen LogP contribution in [0, 0.1) is 0 Å². The highest BCUT2D eigenvalue weighted by Gasteiger charge is 2.40. The van der Waals surface area contributed by atoms with Crippen molar-refractivity contribution >= 4 is 23.5 Å². The van der Waals surface area contributed by atoms with Gasteiger partial charge in [0.2, 0.25) is 0 Å². The fourth-order valence-electron chi connectivity index (χ4n) is 2.10. The summed E-state index contributed by atoms with van der Waals surface area (Å²) in [6.07, 6.45) is 3.73. The molecule has 0 atom stereocenters. The minimum atomic E-state index is -0.910. The number of amides is 1. The van der Waals surface area contributed by atoms with Crippen molar-refractivity contribution in [2.24, 2.45) is 0 Å². The predicted molar refractivity (Wildman–Crippen MR) is 65.5 cm³/mol. The Morgan fingerprint density at radius 3 is 2.72 bits per heavy atom. The van der Waals surface area contributed by atoms with E-state index < -0.39 is 11.5 Å². The molecule has 1 aliphatic rings. The zero-order chi connectivity index (χ0) is 13.2. The minimum Gasteiger partial charge on any atom is -0.481 e. The number of aliphatic carboxylic acids is 1. The van der Waals surface area contributed by atoms with Gasteiger partial charge in [-0.05, 0) is 31.4 Å². The lowest BCUT2D eigenvalue weighted by atomic mass is 9.74. The Labute approximate surface area is 109 Å². The molecule has 1 heterocycles. The zero-order valence-electron chi connectivity index (χ0n) is 9.65. The summed E-state index contributed by atoms with van der Waals surface area (Å²) in [5, 5.41) is 11.8. The van der Waals surface area contributed by atoms with Gasteiger partial charge in [0.05, 0.1) is 17.5 Å². The molecule has 0 saturated heterocycles. The first-order chi connectivity index (χ1) is 8.52. The number of nitrogens with one attached hydrogen (secondary N) is 1. The Balaban J connectivity index is 2.11. The molecule has 0 bridgehead atoms. The first kappa shape index (κ1) is 12.8. The molecule has 1 fully saturated rings. The molecular weight excluding hydrogens is 256 g/mol. The van der Waals surface area contributed by atoms with Crippen molar-refractivity contribution in [3.8, 4) is 0 Å². The number of carboxylic acids is 1.